The van der Waals surface area contributed by atoms with Crippen LogP contribution in [0.1, 0.15) is 35.1 Å². The van der Waals surface area contributed by atoms with Crippen molar-refractivity contribution in [3.63, 3.8) is 0 Å². The van der Waals surface area contributed by atoms with Crippen LogP contribution >= 0.6 is 0 Å². The number of carbonyl (C=O) groups is 1. The third kappa shape index (κ3) is 5.74. The molecule has 196 valence electrons. The summed E-state index contributed by atoms with van der Waals surface area (Å²) in [6.45, 7) is 3.23. The number of nitrogen functional groups attached to an aromatic ring is 1. The molecule has 0 saturated carbocycles. The van der Waals surface area contributed by atoms with Crippen LogP contribution in [0.3, 0.4) is 0 Å². The minimum absolute atomic E-state index is 0.130. The topological polar surface area (TPSA) is 70.4 Å². The summed E-state index contributed by atoms with van der Waals surface area (Å²) in [6, 6.07) is 34.9. The van der Waals surface area contributed by atoms with E-state index >= 15 is 0 Å². The number of likely N-dealkylation sites (tertiary alicyclic amines) is 1. The molecule has 39 heavy (non-hydrogen) atoms. The molecule has 4 aromatic carbocycles. The van der Waals surface area contributed by atoms with E-state index in [1.165, 1.54) is 30.4 Å². The summed E-state index contributed by atoms with van der Waals surface area (Å²) in [4.78, 5) is 15.7. The van der Waals surface area contributed by atoms with Crippen molar-refractivity contribution in [1.82, 2.24) is 4.90 Å². The second kappa shape index (κ2) is 11.2. The number of rotatable bonds is 7. The Morgan fingerprint density at radius 1 is 0.846 bits per heavy atom. The SMILES string of the molecule is Nc1ccc2c(c1)C(=C(Nc1ccc(CN3CCC(Cc4ccccc4)CC3)cc1)c1ccccc1)C(=O)N2. The van der Waals surface area contributed by atoms with Gasteiger partial charge >= 0.3 is 0 Å². The summed E-state index contributed by atoms with van der Waals surface area (Å²) >= 11 is 0. The largest absolute Gasteiger partial charge is 0.399 e. The molecule has 0 bridgehead atoms. The van der Waals surface area contributed by atoms with Crippen LogP contribution < -0.4 is 16.4 Å². The first kappa shape index (κ1) is 25.0. The smallest absolute Gasteiger partial charge is 0.258 e. The molecule has 2 heterocycles. The fraction of sp³-hybridized carbons (Fsp3) is 0.206. The lowest BCUT2D eigenvalue weighted by Crippen LogP contribution is -2.33. The average molecular weight is 515 g/mol. The van der Waals surface area contributed by atoms with Gasteiger partial charge in [0.1, 0.15) is 0 Å². The van der Waals surface area contributed by atoms with Gasteiger partial charge in [0, 0.05) is 29.2 Å². The number of hydrogen-bond donors (Lipinski definition) is 3. The van der Waals surface area contributed by atoms with E-state index in [4.69, 9.17) is 5.73 Å². The highest BCUT2D eigenvalue weighted by molar-refractivity contribution is 6.37. The zero-order chi connectivity index (χ0) is 26.6. The zero-order valence-corrected chi connectivity index (χ0v) is 22.1. The fourth-order valence-corrected chi connectivity index (χ4v) is 5.71. The lowest BCUT2D eigenvalue weighted by molar-refractivity contribution is -0.110. The normalized spacial score (nSPS) is 17.0. The van der Waals surface area contributed by atoms with Crippen LogP contribution in [0.4, 0.5) is 17.1 Å². The van der Waals surface area contributed by atoms with E-state index in [-0.39, 0.29) is 5.91 Å². The Bertz CT molecular complexity index is 1470. The molecule has 0 aromatic heterocycles. The van der Waals surface area contributed by atoms with Gasteiger partial charge < -0.3 is 16.4 Å². The Hall–Kier alpha value is -4.35. The summed E-state index contributed by atoms with van der Waals surface area (Å²) in [6.07, 6.45) is 3.68. The number of fused-ring (bicyclic) bond motifs is 1. The van der Waals surface area contributed by atoms with E-state index in [0.717, 1.165) is 53.8 Å². The van der Waals surface area contributed by atoms with Crippen molar-refractivity contribution < 1.29 is 4.79 Å². The molecule has 0 aliphatic carbocycles. The van der Waals surface area contributed by atoms with Crippen LogP contribution in [0.15, 0.2) is 103 Å². The predicted molar refractivity (Wildman–Crippen MR) is 161 cm³/mol. The summed E-state index contributed by atoms with van der Waals surface area (Å²) in [5.41, 5.74) is 14.3. The van der Waals surface area contributed by atoms with Gasteiger partial charge in [-0.3, -0.25) is 9.69 Å². The number of carbonyl (C=O) groups excluding carboxylic acids is 1. The second-order valence-corrected chi connectivity index (χ2v) is 10.6. The van der Waals surface area contributed by atoms with E-state index in [1.807, 2.05) is 48.5 Å². The van der Waals surface area contributed by atoms with Crippen molar-refractivity contribution in [1.29, 1.82) is 0 Å². The van der Waals surface area contributed by atoms with E-state index in [1.54, 1.807) is 0 Å². The predicted octanol–water partition coefficient (Wildman–Crippen LogP) is 6.66. The molecule has 0 spiro atoms. The van der Waals surface area contributed by atoms with Crippen LogP contribution in [0.2, 0.25) is 0 Å². The molecule has 1 amide bonds. The summed E-state index contributed by atoms with van der Waals surface area (Å²) in [7, 11) is 0. The third-order valence-corrected chi connectivity index (χ3v) is 7.80. The van der Waals surface area contributed by atoms with Crippen molar-refractivity contribution in [2.75, 3.05) is 29.5 Å². The lowest BCUT2D eigenvalue weighted by Gasteiger charge is -2.32. The van der Waals surface area contributed by atoms with E-state index in [0.29, 0.717) is 11.3 Å². The number of hydrogen-bond acceptors (Lipinski definition) is 4. The Morgan fingerprint density at radius 3 is 2.26 bits per heavy atom. The Kier molecular flexibility index (Phi) is 7.15. The van der Waals surface area contributed by atoms with Gasteiger partial charge in [0.2, 0.25) is 0 Å². The van der Waals surface area contributed by atoms with Gasteiger partial charge in [0.15, 0.2) is 0 Å². The zero-order valence-electron chi connectivity index (χ0n) is 22.1. The molecule has 0 radical (unpaired) electrons. The first-order valence-corrected chi connectivity index (χ1v) is 13.8. The molecule has 4 aromatic rings. The van der Waals surface area contributed by atoms with Crippen LogP contribution in [0.5, 0.6) is 0 Å². The Morgan fingerprint density at radius 2 is 1.54 bits per heavy atom. The summed E-state index contributed by atoms with van der Waals surface area (Å²) in [5, 5.41) is 6.54. The first-order chi connectivity index (χ1) is 19.1. The maximum atomic E-state index is 13.1. The fourth-order valence-electron chi connectivity index (χ4n) is 5.71. The molecule has 5 nitrogen and oxygen atoms in total. The molecule has 5 heteroatoms. The quantitative estimate of drug-likeness (QED) is 0.191. The molecule has 2 aliphatic heterocycles. The van der Waals surface area contributed by atoms with Crippen LogP contribution in [-0.4, -0.2) is 23.9 Å². The lowest BCUT2D eigenvalue weighted by atomic mass is 9.90. The van der Waals surface area contributed by atoms with Crippen molar-refractivity contribution in [3.8, 4) is 0 Å². The van der Waals surface area contributed by atoms with Crippen molar-refractivity contribution >= 4 is 34.2 Å². The van der Waals surface area contributed by atoms with Crippen LogP contribution in [0.25, 0.3) is 11.3 Å². The van der Waals surface area contributed by atoms with Crippen LogP contribution in [0, 0.1) is 5.92 Å². The number of amides is 1. The van der Waals surface area contributed by atoms with Gasteiger partial charge in [0.25, 0.3) is 5.91 Å². The maximum absolute atomic E-state index is 13.1. The number of nitrogens with one attached hydrogen (secondary N) is 2. The molecule has 1 saturated heterocycles. The summed E-state index contributed by atoms with van der Waals surface area (Å²) < 4.78 is 0. The number of nitrogens with two attached hydrogens (primary N) is 1. The van der Waals surface area contributed by atoms with E-state index in [9.17, 15) is 4.79 Å². The van der Waals surface area contributed by atoms with Gasteiger partial charge in [-0.1, -0.05) is 72.8 Å². The standard InChI is InChI=1S/C34H34N4O/c35-28-13-16-31-30(22-28)32(34(39)37-31)33(27-9-5-2-6-10-27)36-29-14-11-26(12-15-29)23-38-19-17-25(18-20-38)21-24-7-3-1-4-8-24/h1-16,22,25,36H,17-21,23,35H2,(H,37,39). The van der Waals surface area contributed by atoms with Crippen LogP contribution in [-0.2, 0) is 17.8 Å². The molecule has 0 unspecified atom stereocenters. The van der Waals surface area contributed by atoms with Gasteiger partial charge in [0.05, 0.1) is 11.3 Å². The summed E-state index contributed by atoms with van der Waals surface area (Å²) in [5.74, 6) is 0.641. The third-order valence-electron chi connectivity index (χ3n) is 7.80. The highest BCUT2D eigenvalue weighted by Crippen LogP contribution is 2.38. The molecular formula is C34H34N4O. The molecule has 4 N–H and O–H groups in total. The van der Waals surface area contributed by atoms with E-state index in [2.05, 4.69) is 70.1 Å². The van der Waals surface area contributed by atoms with E-state index < -0.39 is 0 Å². The highest BCUT2D eigenvalue weighted by atomic mass is 16.2. The Labute approximate surface area is 230 Å². The molecule has 1 fully saturated rings. The number of anilines is 3. The first-order valence-electron chi connectivity index (χ1n) is 13.8. The monoisotopic (exact) mass is 514 g/mol. The maximum Gasteiger partial charge on any atom is 0.258 e. The minimum atomic E-state index is -0.130. The molecular weight excluding hydrogens is 480 g/mol. The number of benzene rings is 4. The van der Waals surface area contributed by atoms with Gasteiger partial charge in [-0.2, -0.15) is 0 Å². The Balaban J connectivity index is 1.16. The van der Waals surface area contributed by atoms with Crippen molar-refractivity contribution in [2.24, 2.45) is 5.92 Å². The molecule has 0 atom stereocenters. The molecule has 2 aliphatic rings. The van der Waals surface area contributed by atoms with Gasteiger partial charge in [-0.15, -0.1) is 0 Å². The van der Waals surface area contributed by atoms with Crippen molar-refractivity contribution in [2.45, 2.75) is 25.8 Å². The molecule has 6 rings (SSSR count). The number of nitrogens with zero attached hydrogens (tertiary/aromatic N) is 1. The average Bonchev–Trinajstić information content (AvgIpc) is 3.29. The van der Waals surface area contributed by atoms with Gasteiger partial charge in [-0.05, 0) is 85.3 Å². The number of piperidine rings is 1. The highest BCUT2D eigenvalue weighted by Gasteiger charge is 2.28. The second-order valence-electron chi connectivity index (χ2n) is 10.6. The van der Waals surface area contributed by atoms with Crippen molar-refractivity contribution in [3.05, 3.63) is 125 Å². The van der Waals surface area contributed by atoms with Gasteiger partial charge in [-0.25, -0.2) is 0 Å². The minimum Gasteiger partial charge on any atom is -0.399 e.